The van der Waals surface area contributed by atoms with Crippen LogP contribution < -0.4 is 5.32 Å². The number of aromatic nitrogens is 2. The van der Waals surface area contributed by atoms with E-state index in [1.54, 1.807) is 19.1 Å². The summed E-state index contributed by atoms with van der Waals surface area (Å²) in [6, 6.07) is 3.91. The Kier molecular flexibility index (Phi) is 3.91. The van der Waals surface area contributed by atoms with Gasteiger partial charge in [-0.05, 0) is 25.1 Å². The van der Waals surface area contributed by atoms with Gasteiger partial charge >= 0.3 is 12.1 Å². The van der Waals surface area contributed by atoms with E-state index in [2.05, 4.69) is 31.2 Å². The minimum atomic E-state index is -4.68. The van der Waals surface area contributed by atoms with Gasteiger partial charge in [0.1, 0.15) is 18.0 Å². The second kappa shape index (κ2) is 5.63. The Morgan fingerprint density at radius 2 is 2.09 bits per heavy atom. The van der Waals surface area contributed by atoms with Crippen molar-refractivity contribution in [3.05, 3.63) is 28.5 Å². The molecular weight excluding hydrogens is 379 g/mol. The summed E-state index contributed by atoms with van der Waals surface area (Å²) in [4.78, 5) is 18.8. The van der Waals surface area contributed by atoms with Gasteiger partial charge in [0, 0.05) is 16.3 Å². The van der Waals surface area contributed by atoms with Crippen molar-refractivity contribution in [1.29, 1.82) is 0 Å². The van der Waals surface area contributed by atoms with Gasteiger partial charge in [-0.1, -0.05) is 15.9 Å². The first-order chi connectivity index (χ1) is 10.7. The van der Waals surface area contributed by atoms with Crippen LogP contribution in [-0.4, -0.2) is 28.1 Å². The molecule has 0 unspecified atom stereocenters. The van der Waals surface area contributed by atoms with Gasteiger partial charge in [-0.3, -0.25) is 0 Å². The molecule has 1 fully saturated rings. The number of nitrogens with zero attached hydrogens (tertiary/aromatic N) is 2. The van der Waals surface area contributed by atoms with Crippen LogP contribution in [0.4, 0.5) is 19.0 Å². The number of carbonyl (C=O) groups is 1. The molecule has 1 N–H and O–H groups in total. The van der Waals surface area contributed by atoms with Crippen LogP contribution in [0.25, 0.3) is 10.9 Å². The van der Waals surface area contributed by atoms with Crippen LogP contribution >= 0.6 is 15.9 Å². The van der Waals surface area contributed by atoms with Gasteiger partial charge in [-0.2, -0.15) is 13.2 Å². The molecule has 1 aliphatic heterocycles. The third kappa shape index (κ3) is 3.24. The fraction of sp³-hybridized carbons (Fsp3) is 0.357. The molecule has 122 valence electrons. The second-order valence-electron chi connectivity index (χ2n) is 5.24. The maximum Gasteiger partial charge on any atom is 0.451 e. The third-order valence-corrected chi connectivity index (χ3v) is 3.89. The minimum absolute atomic E-state index is 0.0420. The fourth-order valence-corrected chi connectivity index (χ4v) is 2.74. The molecule has 3 rings (SSSR count). The summed E-state index contributed by atoms with van der Waals surface area (Å²) in [6.45, 7) is 1.72. The number of nitrogens with one attached hydrogen (secondary N) is 1. The molecule has 23 heavy (non-hydrogen) atoms. The number of fused-ring (bicyclic) bond motifs is 1. The molecule has 0 saturated carbocycles. The predicted octanol–water partition coefficient (Wildman–Crippen LogP) is 3.53. The zero-order chi connectivity index (χ0) is 16.8. The topological polar surface area (TPSA) is 64.1 Å². The zero-order valence-corrected chi connectivity index (χ0v) is 13.4. The monoisotopic (exact) mass is 389 g/mol. The van der Waals surface area contributed by atoms with Crippen molar-refractivity contribution in [3.8, 4) is 0 Å². The Bertz CT molecular complexity index is 782. The van der Waals surface area contributed by atoms with Crippen molar-refractivity contribution in [2.45, 2.75) is 31.7 Å². The van der Waals surface area contributed by atoms with E-state index in [4.69, 9.17) is 4.74 Å². The van der Waals surface area contributed by atoms with Crippen molar-refractivity contribution >= 4 is 38.6 Å². The van der Waals surface area contributed by atoms with E-state index in [1.165, 1.54) is 6.07 Å². The van der Waals surface area contributed by atoms with Crippen LogP contribution in [0.1, 0.15) is 19.2 Å². The number of ether oxygens (including phenoxy) is 1. The number of anilines is 1. The van der Waals surface area contributed by atoms with Gasteiger partial charge in [0.25, 0.3) is 0 Å². The maximum absolute atomic E-state index is 13.0. The second-order valence-corrected chi connectivity index (χ2v) is 6.15. The molecule has 0 radical (unpaired) electrons. The summed E-state index contributed by atoms with van der Waals surface area (Å²) in [5.74, 6) is -1.80. The van der Waals surface area contributed by atoms with Crippen molar-refractivity contribution < 1.29 is 22.7 Å². The highest BCUT2D eigenvalue weighted by Crippen LogP contribution is 2.32. The van der Waals surface area contributed by atoms with Gasteiger partial charge in [0.15, 0.2) is 0 Å². The van der Waals surface area contributed by atoms with Crippen molar-refractivity contribution in [2.75, 3.05) is 5.32 Å². The largest absolute Gasteiger partial charge is 0.461 e. The number of cyclic esters (lactones) is 1. The molecule has 0 spiro atoms. The number of esters is 1. The van der Waals surface area contributed by atoms with E-state index in [0.717, 1.165) is 0 Å². The summed E-state index contributed by atoms with van der Waals surface area (Å²) >= 11 is 3.26. The molecule has 1 aromatic heterocycles. The van der Waals surface area contributed by atoms with E-state index < -0.39 is 24.0 Å². The summed E-state index contributed by atoms with van der Waals surface area (Å²) in [7, 11) is 0. The Balaban J connectivity index is 2.09. The average Bonchev–Trinajstić information content (AvgIpc) is 2.76. The minimum Gasteiger partial charge on any atom is -0.461 e. The predicted molar refractivity (Wildman–Crippen MR) is 79.8 cm³/mol. The zero-order valence-electron chi connectivity index (χ0n) is 11.8. The fourth-order valence-electron chi connectivity index (χ4n) is 2.38. The Labute approximate surface area is 137 Å². The molecule has 1 aromatic carbocycles. The van der Waals surface area contributed by atoms with E-state index in [-0.39, 0.29) is 17.4 Å². The lowest BCUT2D eigenvalue weighted by Crippen LogP contribution is -2.26. The quantitative estimate of drug-likeness (QED) is 0.796. The van der Waals surface area contributed by atoms with Gasteiger partial charge in [0.2, 0.25) is 5.82 Å². The molecule has 0 aliphatic carbocycles. The molecule has 2 heterocycles. The number of hydrogen-bond acceptors (Lipinski definition) is 5. The van der Waals surface area contributed by atoms with Crippen LogP contribution in [-0.2, 0) is 15.7 Å². The first-order valence-electron chi connectivity index (χ1n) is 6.75. The lowest BCUT2D eigenvalue weighted by atomic mass is 10.1. The van der Waals surface area contributed by atoms with Gasteiger partial charge < -0.3 is 10.1 Å². The molecule has 0 bridgehead atoms. The van der Waals surface area contributed by atoms with Gasteiger partial charge in [-0.25, -0.2) is 14.8 Å². The van der Waals surface area contributed by atoms with Crippen molar-refractivity contribution in [2.24, 2.45) is 0 Å². The Morgan fingerprint density at radius 1 is 1.35 bits per heavy atom. The first kappa shape index (κ1) is 16.0. The Morgan fingerprint density at radius 3 is 2.70 bits per heavy atom. The molecule has 1 saturated heterocycles. The maximum atomic E-state index is 13.0. The lowest BCUT2D eigenvalue weighted by Gasteiger charge is -2.14. The number of carbonyl (C=O) groups excluding carboxylic acids is 1. The highest BCUT2D eigenvalue weighted by atomic mass is 79.9. The van der Waals surface area contributed by atoms with Crippen LogP contribution in [0.3, 0.4) is 0 Å². The normalized spacial score (nSPS) is 21.5. The Hall–Kier alpha value is -1.90. The summed E-state index contributed by atoms with van der Waals surface area (Å²) in [6.07, 6.45) is -4.61. The first-order valence-corrected chi connectivity index (χ1v) is 7.55. The molecule has 2 atom stereocenters. The van der Waals surface area contributed by atoms with E-state index in [1.807, 2.05) is 0 Å². The van der Waals surface area contributed by atoms with Crippen LogP contribution in [0.2, 0.25) is 0 Å². The number of benzene rings is 1. The SMILES string of the molecule is C[C@H]1C[C@@H](Nc2nc(C(F)(F)F)nc3ccc(Br)cc23)C(=O)O1. The molecule has 2 aromatic rings. The summed E-state index contributed by atoms with van der Waals surface area (Å²) < 4.78 is 44.6. The highest BCUT2D eigenvalue weighted by molar-refractivity contribution is 9.10. The van der Waals surface area contributed by atoms with Gasteiger partial charge in [-0.15, -0.1) is 0 Å². The lowest BCUT2D eigenvalue weighted by molar-refractivity contribution is -0.144. The van der Waals surface area contributed by atoms with E-state index >= 15 is 0 Å². The van der Waals surface area contributed by atoms with Crippen LogP contribution in [0, 0.1) is 0 Å². The molecule has 0 amide bonds. The van der Waals surface area contributed by atoms with Crippen LogP contribution in [0.15, 0.2) is 22.7 Å². The third-order valence-electron chi connectivity index (χ3n) is 3.39. The van der Waals surface area contributed by atoms with Crippen LogP contribution in [0.5, 0.6) is 0 Å². The molecule has 1 aliphatic rings. The summed E-state index contributed by atoms with van der Waals surface area (Å²) in [5, 5.41) is 3.15. The van der Waals surface area contributed by atoms with Crippen molar-refractivity contribution in [1.82, 2.24) is 9.97 Å². The number of rotatable bonds is 2. The molecular formula is C14H11BrF3N3O2. The van der Waals surface area contributed by atoms with E-state index in [9.17, 15) is 18.0 Å². The number of halogens is 4. The standard InChI is InChI=1S/C14H11BrF3N3O2/c1-6-4-10(12(22)23-6)19-11-8-5-7(15)2-3-9(8)20-13(21-11)14(16,17)18/h2-3,5-6,10H,4H2,1H3,(H,19,20,21)/t6-,10+/m0/s1. The van der Waals surface area contributed by atoms with E-state index in [0.29, 0.717) is 16.3 Å². The number of hydrogen-bond donors (Lipinski definition) is 1. The molecule has 5 nitrogen and oxygen atoms in total. The average molecular weight is 390 g/mol. The number of alkyl halides is 3. The summed E-state index contributed by atoms with van der Waals surface area (Å²) in [5.41, 5.74) is 0.137. The highest BCUT2D eigenvalue weighted by Gasteiger charge is 2.37. The van der Waals surface area contributed by atoms with Crippen molar-refractivity contribution in [3.63, 3.8) is 0 Å². The smallest absolute Gasteiger partial charge is 0.451 e. The molecule has 9 heteroatoms. The van der Waals surface area contributed by atoms with Gasteiger partial charge in [0.05, 0.1) is 5.52 Å².